The van der Waals surface area contributed by atoms with Crippen molar-refractivity contribution in [1.29, 1.82) is 0 Å². The first-order valence-electron chi connectivity index (χ1n) is 10.8. The van der Waals surface area contributed by atoms with E-state index < -0.39 is 10.0 Å². The lowest BCUT2D eigenvalue weighted by Gasteiger charge is -2.16. The van der Waals surface area contributed by atoms with Crippen LogP contribution in [0.2, 0.25) is 0 Å². The molecule has 4 rings (SSSR count). The number of nitrogens with one attached hydrogen (secondary N) is 1. The van der Waals surface area contributed by atoms with Gasteiger partial charge in [0.2, 0.25) is 5.88 Å². The number of aliphatic hydroxyl groups excluding tert-OH is 1. The van der Waals surface area contributed by atoms with E-state index in [1.807, 2.05) is 49.4 Å². The molecule has 9 heteroatoms. The zero-order chi connectivity index (χ0) is 24.7. The van der Waals surface area contributed by atoms with Crippen molar-refractivity contribution >= 4 is 21.9 Å². The molecule has 0 aliphatic carbocycles. The van der Waals surface area contributed by atoms with Crippen LogP contribution in [0.4, 0.5) is 5.82 Å². The van der Waals surface area contributed by atoms with Crippen LogP contribution in [0.3, 0.4) is 0 Å². The molecular formula is C26H24N4O4S. The predicted octanol–water partition coefficient (Wildman–Crippen LogP) is 4.30. The van der Waals surface area contributed by atoms with E-state index in [-0.39, 0.29) is 30.7 Å². The molecule has 0 amide bonds. The molecule has 4 aromatic rings. The molecule has 35 heavy (non-hydrogen) atoms. The maximum absolute atomic E-state index is 13.0. The average Bonchev–Trinajstić information content (AvgIpc) is 2.88. The first-order valence-corrected chi connectivity index (χ1v) is 12.4. The molecule has 0 saturated carbocycles. The topological polar surface area (TPSA) is 114 Å². The molecule has 0 unspecified atom stereocenters. The van der Waals surface area contributed by atoms with Crippen molar-refractivity contribution in [2.45, 2.75) is 6.92 Å². The number of pyridine rings is 1. The Morgan fingerprint density at radius 2 is 1.66 bits per heavy atom. The summed E-state index contributed by atoms with van der Waals surface area (Å²) in [4.78, 5) is 13.1. The molecule has 2 aromatic heterocycles. The zero-order valence-corrected chi connectivity index (χ0v) is 19.8. The van der Waals surface area contributed by atoms with Gasteiger partial charge in [-0.1, -0.05) is 60.2 Å². The Morgan fingerprint density at radius 1 is 0.943 bits per heavy atom. The number of ether oxygens (including phenoxy) is 1. The molecular weight excluding hydrogens is 464 g/mol. The van der Waals surface area contributed by atoms with Crippen molar-refractivity contribution in [3.05, 3.63) is 95.7 Å². The standard InChI is InChI=1S/C26H24N4O4S/c1-19-7-9-21(10-8-19)23-25(30-35(32,33)18-13-20-5-3-2-4-6-20)28-24(22-11-14-27-15-12-22)29-26(23)34-17-16-31/h2-15,18,31H,16-17H2,1H3,(H,28,29,30). The Hall–Kier alpha value is -4.08. The summed E-state index contributed by atoms with van der Waals surface area (Å²) in [7, 11) is -3.95. The Bertz CT molecular complexity index is 1410. The molecule has 2 N–H and O–H groups in total. The number of hydrogen-bond donors (Lipinski definition) is 2. The van der Waals surface area contributed by atoms with Gasteiger partial charge in [0.25, 0.3) is 10.0 Å². The third-order valence-electron chi connectivity index (χ3n) is 4.96. The van der Waals surface area contributed by atoms with Crippen LogP contribution >= 0.6 is 0 Å². The molecule has 0 aliphatic heterocycles. The van der Waals surface area contributed by atoms with Gasteiger partial charge in [-0.05, 0) is 36.3 Å². The first kappa shape index (κ1) is 24.1. The SMILES string of the molecule is Cc1ccc(-c2c(NS(=O)(=O)C=Cc3ccccc3)nc(-c3ccncc3)nc2OCCO)cc1. The molecule has 0 radical (unpaired) electrons. The number of aryl methyl sites for hydroxylation is 1. The lowest BCUT2D eigenvalue weighted by atomic mass is 10.1. The fraction of sp³-hybridized carbons (Fsp3) is 0.115. The lowest BCUT2D eigenvalue weighted by molar-refractivity contribution is 0.197. The summed E-state index contributed by atoms with van der Waals surface area (Å²) < 4.78 is 34.4. The average molecular weight is 489 g/mol. The van der Waals surface area contributed by atoms with Gasteiger partial charge in [0, 0.05) is 18.0 Å². The highest BCUT2D eigenvalue weighted by molar-refractivity contribution is 7.95. The number of rotatable bonds is 9. The second-order valence-electron chi connectivity index (χ2n) is 7.61. The quantitative estimate of drug-likeness (QED) is 0.361. The molecule has 0 saturated heterocycles. The van der Waals surface area contributed by atoms with Gasteiger partial charge in [-0.15, -0.1) is 0 Å². The van der Waals surface area contributed by atoms with Crippen LogP contribution in [0.25, 0.3) is 28.6 Å². The third-order valence-corrected chi connectivity index (χ3v) is 5.94. The van der Waals surface area contributed by atoms with Crippen LogP contribution in [-0.2, 0) is 10.0 Å². The van der Waals surface area contributed by atoms with Gasteiger partial charge in [0.1, 0.15) is 6.61 Å². The van der Waals surface area contributed by atoms with Gasteiger partial charge in [-0.25, -0.2) is 13.4 Å². The highest BCUT2D eigenvalue weighted by Crippen LogP contribution is 2.37. The summed E-state index contributed by atoms with van der Waals surface area (Å²) in [5.41, 5.74) is 3.43. The van der Waals surface area contributed by atoms with Crippen LogP contribution in [0.1, 0.15) is 11.1 Å². The fourth-order valence-corrected chi connectivity index (χ4v) is 4.09. The molecule has 0 spiro atoms. The molecule has 2 aromatic carbocycles. The van der Waals surface area contributed by atoms with Gasteiger partial charge in [0.05, 0.1) is 17.6 Å². The minimum Gasteiger partial charge on any atom is -0.475 e. The van der Waals surface area contributed by atoms with E-state index in [1.165, 1.54) is 6.08 Å². The first-order chi connectivity index (χ1) is 16.9. The molecule has 0 atom stereocenters. The van der Waals surface area contributed by atoms with E-state index in [9.17, 15) is 13.5 Å². The minimum absolute atomic E-state index is 0.0221. The monoisotopic (exact) mass is 488 g/mol. The maximum Gasteiger partial charge on any atom is 0.256 e. The van der Waals surface area contributed by atoms with Crippen molar-refractivity contribution < 1.29 is 18.3 Å². The Kier molecular flexibility index (Phi) is 7.49. The van der Waals surface area contributed by atoms with E-state index in [1.54, 1.807) is 36.7 Å². The van der Waals surface area contributed by atoms with Crippen molar-refractivity contribution in [1.82, 2.24) is 15.0 Å². The summed E-state index contributed by atoms with van der Waals surface area (Å²) >= 11 is 0. The number of sulfonamides is 1. The predicted molar refractivity (Wildman–Crippen MR) is 136 cm³/mol. The fourth-order valence-electron chi connectivity index (χ4n) is 3.27. The number of anilines is 1. The van der Waals surface area contributed by atoms with Crippen LogP contribution in [0, 0.1) is 6.92 Å². The minimum atomic E-state index is -3.95. The number of aromatic nitrogens is 3. The van der Waals surface area contributed by atoms with Gasteiger partial charge in [-0.3, -0.25) is 9.71 Å². The highest BCUT2D eigenvalue weighted by atomic mass is 32.2. The Balaban J connectivity index is 1.84. The Labute approximate surface area is 204 Å². The second kappa shape index (κ2) is 10.9. The summed E-state index contributed by atoms with van der Waals surface area (Å²) in [6.07, 6.45) is 4.68. The van der Waals surface area contributed by atoms with Gasteiger partial charge in [-0.2, -0.15) is 4.98 Å². The number of benzene rings is 2. The van der Waals surface area contributed by atoms with Crippen molar-refractivity contribution in [3.63, 3.8) is 0 Å². The van der Waals surface area contributed by atoms with Crippen LogP contribution in [0.15, 0.2) is 84.5 Å². The summed E-state index contributed by atoms with van der Waals surface area (Å²) in [5, 5.41) is 10.4. The van der Waals surface area contributed by atoms with Crippen molar-refractivity contribution in [3.8, 4) is 28.4 Å². The van der Waals surface area contributed by atoms with E-state index in [0.717, 1.165) is 16.5 Å². The molecule has 8 nitrogen and oxygen atoms in total. The van der Waals surface area contributed by atoms with Crippen LogP contribution in [-0.4, -0.2) is 41.7 Å². The van der Waals surface area contributed by atoms with E-state index in [0.29, 0.717) is 16.7 Å². The summed E-state index contributed by atoms with van der Waals surface area (Å²) in [6, 6.07) is 20.0. The number of hydrogen-bond acceptors (Lipinski definition) is 7. The molecule has 2 heterocycles. The van der Waals surface area contributed by atoms with Gasteiger partial charge < -0.3 is 9.84 Å². The Morgan fingerprint density at radius 3 is 2.34 bits per heavy atom. The van der Waals surface area contributed by atoms with E-state index in [2.05, 4.69) is 19.7 Å². The van der Waals surface area contributed by atoms with E-state index >= 15 is 0 Å². The lowest BCUT2D eigenvalue weighted by Crippen LogP contribution is -2.14. The highest BCUT2D eigenvalue weighted by Gasteiger charge is 2.21. The normalized spacial score (nSPS) is 11.5. The van der Waals surface area contributed by atoms with E-state index in [4.69, 9.17) is 4.74 Å². The van der Waals surface area contributed by atoms with Crippen LogP contribution in [0.5, 0.6) is 5.88 Å². The summed E-state index contributed by atoms with van der Waals surface area (Å²) in [6.45, 7) is 1.70. The summed E-state index contributed by atoms with van der Waals surface area (Å²) in [5.74, 6) is 0.455. The van der Waals surface area contributed by atoms with Crippen molar-refractivity contribution in [2.75, 3.05) is 17.9 Å². The molecule has 0 bridgehead atoms. The molecule has 0 aliphatic rings. The zero-order valence-electron chi connectivity index (χ0n) is 19.0. The number of nitrogens with zero attached hydrogens (tertiary/aromatic N) is 3. The molecule has 0 fully saturated rings. The largest absolute Gasteiger partial charge is 0.475 e. The smallest absolute Gasteiger partial charge is 0.256 e. The maximum atomic E-state index is 13.0. The van der Waals surface area contributed by atoms with Crippen molar-refractivity contribution in [2.24, 2.45) is 0 Å². The third kappa shape index (κ3) is 6.28. The van der Waals surface area contributed by atoms with Crippen LogP contribution < -0.4 is 9.46 Å². The molecule has 178 valence electrons. The van der Waals surface area contributed by atoms with Gasteiger partial charge >= 0.3 is 0 Å². The van der Waals surface area contributed by atoms with Gasteiger partial charge in [0.15, 0.2) is 11.6 Å². The number of aliphatic hydroxyl groups is 1. The second-order valence-corrected chi connectivity index (χ2v) is 9.18.